The van der Waals surface area contributed by atoms with Gasteiger partial charge in [0.1, 0.15) is 11.7 Å². The molecule has 4 heteroatoms. The average Bonchev–Trinajstić information content (AvgIpc) is 2.74. The van der Waals surface area contributed by atoms with Gasteiger partial charge in [-0.25, -0.2) is 4.39 Å². The van der Waals surface area contributed by atoms with Crippen molar-refractivity contribution < 1.29 is 4.39 Å². The Hall–Kier alpha value is -1.42. The number of aliphatic imine (C=N–C) groups is 1. The largest absolute Gasteiger partial charge is 0.368 e. The summed E-state index contributed by atoms with van der Waals surface area (Å²) >= 11 is 0. The van der Waals surface area contributed by atoms with Crippen molar-refractivity contribution in [1.82, 2.24) is 10.6 Å². The molecule has 1 spiro atoms. The van der Waals surface area contributed by atoms with Crippen molar-refractivity contribution in [3.63, 3.8) is 0 Å². The average molecular weight is 289 g/mol. The van der Waals surface area contributed by atoms with Crippen LogP contribution in [-0.2, 0) is 6.54 Å². The number of nitrogens with one attached hydrogen (secondary N) is 2. The van der Waals surface area contributed by atoms with Crippen LogP contribution in [0.2, 0.25) is 0 Å². The summed E-state index contributed by atoms with van der Waals surface area (Å²) in [6, 6.07) is 6.69. The molecule has 0 saturated heterocycles. The van der Waals surface area contributed by atoms with Crippen LogP contribution in [-0.4, -0.2) is 24.5 Å². The molecule has 0 amide bonds. The molecule has 114 valence electrons. The molecule has 0 aromatic heterocycles. The summed E-state index contributed by atoms with van der Waals surface area (Å²) in [5, 5.41) is 7.23. The molecule has 0 bridgehead atoms. The van der Waals surface area contributed by atoms with Gasteiger partial charge in [0.15, 0.2) is 0 Å². The van der Waals surface area contributed by atoms with Crippen molar-refractivity contribution in [3.8, 4) is 0 Å². The normalized spacial score (nSPS) is 21.7. The highest BCUT2D eigenvalue weighted by atomic mass is 19.1. The van der Waals surface area contributed by atoms with Gasteiger partial charge in [-0.3, -0.25) is 4.99 Å². The van der Waals surface area contributed by atoms with Crippen LogP contribution < -0.4 is 10.6 Å². The van der Waals surface area contributed by atoms with Crippen molar-refractivity contribution in [2.24, 2.45) is 4.99 Å². The first-order valence-corrected chi connectivity index (χ1v) is 8.07. The highest BCUT2D eigenvalue weighted by molar-refractivity contribution is 5.92. The van der Waals surface area contributed by atoms with E-state index < -0.39 is 0 Å². The summed E-state index contributed by atoms with van der Waals surface area (Å²) in [4.78, 5) is 4.75. The van der Waals surface area contributed by atoms with Gasteiger partial charge >= 0.3 is 0 Å². The van der Waals surface area contributed by atoms with Crippen LogP contribution in [0.3, 0.4) is 0 Å². The lowest BCUT2D eigenvalue weighted by atomic mass is 9.87. The fourth-order valence-corrected chi connectivity index (χ4v) is 3.46. The molecule has 2 N–H and O–H groups in total. The second-order valence-corrected chi connectivity index (χ2v) is 6.13. The molecule has 21 heavy (non-hydrogen) atoms. The first-order chi connectivity index (χ1) is 10.3. The predicted molar refractivity (Wildman–Crippen MR) is 84.0 cm³/mol. The molecule has 0 unspecified atom stereocenters. The van der Waals surface area contributed by atoms with Gasteiger partial charge in [-0.1, -0.05) is 37.8 Å². The van der Waals surface area contributed by atoms with Crippen LogP contribution in [0.1, 0.15) is 44.1 Å². The molecule has 1 aromatic rings. The maximum atomic E-state index is 13.0. The molecule has 2 aliphatic rings. The lowest BCUT2D eigenvalue weighted by molar-refractivity contribution is 0.363. The minimum atomic E-state index is -0.185. The quantitative estimate of drug-likeness (QED) is 0.878. The van der Waals surface area contributed by atoms with Crippen molar-refractivity contribution in [2.45, 2.75) is 50.6 Å². The Labute approximate surface area is 126 Å². The molecule has 1 heterocycles. The summed E-state index contributed by atoms with van der Waals surface area (Å²) < 4.78 is 13.0. The number of rotatable bonds is 2. The first-order valence-electron chi connectivity index (χ1n) is 8.07. The SMILES string of the molecule is Fc1ccc(CNC2=NCCNC23CCCCCC3)cc1. The van der Waals surface area contributed by atoms with Gasteiger partial charge in [0, 0.05) is 13.1 Å². The lowest BCUT2D eigenvalue weighted by Crippen LogP contribution is -2.59. The molecule has 3 rings (SSSR count). The number of hydrogen-bond donors (Lipinski definition) is 2. The molecular weight excluding hydrogens is 265 g/mol. The van der Waals surface area contributed by atoms with E-state index in [4.69, 9.17) is 4.99 Å². The molecule has 0 atom stereocenters. The van der Waals surface area contributed by atoms with Crippen LogP contribution >= 0.6 is 0 Å². The Bertz CT molecular complexity index is 487. The highest BCUT2D eigenvalue weighted by Gasteiger charge is 2.37. The topological polar surface area (TPSA) is 36.4 Å². The third kappa shape index (κ3) is 3.43. The maximum absolute atomic E-state index is 13.0. The first kappa shape index (κ1) is 14.5. The van der Waals surface area contributed by atoms with Gasteiger partial charge in [-0.05, 0) is 30.5 Å². The summed E-state index contributed by atoms with van der Waals surface area (Å²) in [6.45, 7) is 2.53. The van der Waals surface area contributed by atoms with Crippen molar-refractivity contribution in [3.05, 3.63) is 35.6 Å². The number of halogens is 1. The van der Waals surface area contributed by atoms with Gasteiger partial charge in [0.2, 0.25) is 0 Å². The summed E-state index contributed by atoms with van der Waals surface area (Å²) in [5.74, 6) is 0.927. The van der Waals surface area contributed by atoms with Crippen LogP contribution in [0.4, 0.5) is 4.39 Å². The summed E-state index contributed by atoms with van der Waals surface area (Å²) in [6.07, 6.45) is 7.53. The molecule has 1 aliphatic carbocycles. The van der Waals surface area contributed by atoms with Crippen LogP contribution in [0.25, 0.3) is 0 Å². The van der Waals surface area contributed by atoms with Crippen LogP contribution in [0, 0.1) is 5.82 Å². The standard InChI is InChI=1S/C17H24FN3/c18-15-7-5-14(6-8-15)13-20-16-17(21-12-11-19-16)9-3-1-2-4-10-17/h5-8,21H,1-4,9-13H2,(H,19,20). The number of nitrogens with zero attached hydrogens (tertiary/aromatic N) is 1. The molecule has 1 saturated carbocycles. The lowest BCUT2D eigenvalue weighted by Gasteiger charge is -2.38. The molecule has 1 aromatic carbocycles. The second kappa shape index (κ2) is 6.56. The highest BCUT2D eigenvalue weighted by Crippen LogP contribution is 2.29. The fourth-order valence-electron chi connectivity index (χ4n) is 3.46. The number of amidine groups is 1. The molecule has 1 aliphatic heterocycles. The summed E-state index contributed by atoms with van der Waals surface area (Å²) in [5.41, 5.74) is 1.14. The maximum Gasteiger partial charge on any atom is 0.123 e. The molecule has 3 nitrogen and oxygen atoms in total. The minimum absolute atomic E-state index is 0.0504. The van der Waals surface area contributed by atoms with Gasteiger partial charge in [-0.15, -0.1) is 0 Å². The number of benzene rings is 1. The van der Waals surface area contributed by atoms with E-state index >= 15 is 0 Å². The monoisotopic (exact) mass is 289 g/mol. The van der Waals surface area contributed by atoms with E-state index in [0.717, 1.165) is 24.5 Å². The van der Waals surface area contributed by atoms with Gasteiger partial charge in [0.25, 0.3) is 0 Å². The van der Waals surface area contributed by atoms with E-state index in [-0.39, 0.29) is 11.4 Å². The third-order valence-corrected chi connectivity index (χ3v) is 4.63. The zero-order valence-electron chi connectivity index (χ0n) is 12.5. The van der Waals surface area contributed by atoms with E-state index in [9.17, 15) is 4.39 Å². The molecule has 0 radical (unpaired) electrons. The Balaban J connectivity index is 1.69. The smallest absolute Gasteiger partial charge is 0.123 e. The molecule has 1 fully saturated rings. The van der Waals surface area contributed by atoms with Crippen LogP contribution in [0.15, 0.2) is 29.3 Å². The van der Waals surface area contributed by atoms with Crippen molar-refractivity contribution in [2.75, 3.05) is 13.1 Å². The zero-order chi connectivity index (χ0) is 14.5. The minimum Gasteiger partial charge on any atom is -0.368 e. The predicted octanol–water partition coefficient (Wildman–Crippen LogP) is 3.01. The Kier molecular flexibility index (Phi) is 4.54. The Morgan fingerprint density at radius 3 is 2.52 bits per heavy atom. The number of hydrogen-bond acceptors (Lipinski definition) is 3. The van der Waals surface area contributed by atoms with Crippen LogP contribution in [0.5, 0.6) is 0 Å². The zero-order valence-corrected chi connectivity index (χ0v) is 12.5. The Morgan fingerprint density at radius 1 is 1.10 bits per heavy atom. The van der Waals surface area contributed by atoms with Gasteiger partial charge in [0.05, 0.1) is 12.1 Å². The van der Waals surface area contributed by atoms with Crippen molar-refractivity contribution in [1.29, 1.82) is 0 Å². The van der Waals surface area contributed by atoms with E-state index in [0.29, 0.717) is 6.54 Å². The van der Waals surface area contributed by atoms with E-state index in [1.54, 1.807) is 0 Å². The van der Waals surface area contributed by atoms with Gasteiger partial charge < -0.3 is 10.6 Å². The van der Waals surface area contributed by atoms with E-state index in [2.05, 4.69) is 10.6 Å². The second-order valence-electron chi connectivity index (χ2n) is 6.13. The van der Waals surface area contributed by atoms with E-state index in [1.165, 1.54) is 50.7 Å². The van der Waals surface area contributed by atoms with Crippen molar-refractivity contribution >= 4 is 5.84 Å². The Morgan fingerprint density at radius 2 is 1.81 bits per heavy atom. The van der Waals surface area contributed by atoms with E-state index in [1.807, 2.05) is 12.1 Å². The third-order valence-electron chi connectivity index (χ3n) is 4.63. The summed E-state index contributed by atoms with van der Waals surface area (Å²) in [7, 11) is 0. The molecular formula is C17H24FN3. The van der Waals surface area contributed by atoms with Gasteiger partial charge in [-0.2, -0.15) is 0 Å². The fraction of sp³-hybridized carbons (Fsp3) is 0.588.